The lowest BCUT2D eigenvalue weighted by atomic mass is 9.97. The van der Waals surface area contributed by atoms with Gasteiger partial charge in [0.15, 0.2) is 0 Å². The van der Waals surface area contributed by atoms with Crippen molar-refractivity contribution in [2.24, 2.45) is 5.92 Å². The Labute approximate surface area is 160 Å². The molecule has 0 aromatic heterocycles. The van der Waals surface area contributed by atoms with Gasteiger partial charge in [0.1, 0.15) is 18.2 Å². The van der Waals surface area contributed by atoms with Crippen LogP contribution in [0.5, 0.6) is 5.75 Å². The van der Waals surface area contributed by atoms with Crippen molar-refractivity contribution in [3.63, 3.8) is 0 Å². The summed E-state index contributed by atoms with van der Waals surface area (Å²) in [6, 6.07) is 19.2. The number of hydrogen-bond donors (Lipinski definition) is 0. The fourth-order valence-corrected chi connectivity index (χ4v) is 3.80. The Bertz CT molecular complexity index is 898. The van der Waals surface area contributed by atoms with Crippen molar-refractivity contribution in [2.75, 3.05) is 13.1 Å². The molecule has 0 radical (unpaired) electrons. The fraction of sp³-hybridized carbons (Fsp3) is 0.333. The van der Waals surface area contributed by atoms with Gasteiger partial charge in [-0.05, 0) is 66.4 Å². The number of piperidine rings is 1. The lowest BCUT2D eigenvalue weighted by Gasteiger charge is -2.31. The van der Waals surface area contributed by atoms with Crippen LogP contribution in [0.3, 0.4) is 0 Å². The fourth-order valence-electron chi connectivity index (χ4n) is 3.80. The third-order valence-corrected chi connectivity index (χ3v) is 5.56. The maximum absolute atomic E-state index is 13.1. The number of hydrogen-bond acceptors (Lipinski definition) is 2. The SMILES string of the molecule is CC1CCN(Cc2c(OCc3ccc(F)cc3)ccc3ccccc23)CC1. The van der Waals surface area contributed by atoms with Crippen LogP contribution in [0.4, 0.5) is 4.39 Å². The molecule has 0 N–H and O–H groups in total. The van der Waals surface area contributed by atoms with Crippen LogP contribution in [0.2, 0.25) is 0 Å². The minimum Gasteiger partial charge on any atom is -0.489 e. The van der Waals surface area contributed by atoms with Crippen LogP contribution in [0, 0.1) is 11.7 Å². The molecule has 3 aromatic rings. The van der Waals surface area contributed by atoms with Gasteiger partial charge in [-0.1, -0.05) is 49.4 Å². The van der Waals surface area contributed by atoms with Crippen molar-refractivity contribution in [1.29, 1.82) is 0 Å². The van der Waals surface area contributed by atoms with Crippen LogP contribution in [0.25, 0.3) is 10.8 Å². The average molecular weight is 363 g/mol. The molecule has 3 heteroatoms. The molecule has 0 spiro atoms. The van der Waals surface area contributed by atoms with Crippen molar-refractivity contribution >= 4 is 10.8 Å². The van der Waals surface area contributed by atoms with E-state index in [1.807, 2.05) is 0 Å². The third kappa shape index (κ3) is 4.30. The van der Waals surface area contributed by atoms with Crippen molar-refractivity contribution in [1.82, 2.24) is 4.90 Å². The Kier molecular flexibility index (Phi) is 5.40. The van der Waals surface area contributed by atoms with E-state index >= 15 is 0 Å². The molecule has 2 nitrogen and oxygen atoms in total. The first kappa shape index (κ1) is 18.0. The summed E-state index contributed by atoms with van der Waals surface area (Å²) < 4.78 is 19.3. The predicted molar refractivity (Wildman–Crippen MR) is 108 cm³/mol. The second-order valence-electron chi connectivity index (χ2n) is 7.64. The molecular weight excluding hydrogens is 337 g/mol. The Morgan fingerprint density at radius 3 is 2.48 bits per heavy atom. The first-order valence-electron chi connectivity index (χ1n) is 9.79. The van der Waals surface area contributed by atoms with E-state index in [2.05, 4.69) is 48.2 Å². The van der Waals surface area contributed by atoms with Gasteiger partial charge in [-0.15, -0.1) is 0 Å². The summed E-state index contributed by atoms with van der Waals surface area (Å²) in [7, 11) is 0. The Balaban J connectivity index is 1.59. The smallest absolute Gasteiger partial charge is 0.124 e. The Morgan fingerprint density at radius 2 is 1.70 bits per heavy atom. The van der Waals surface area contributed by atoms with Gasteiger partial charge < -0.3 is 4.74 Å². The number of halogens is 1. The second-order valence-corrected chi connectivity index (χ2v) is 7.64. The zero-order chi connectivity index (χ0) is 18.6. The molecule has 0 saturated carbocycles. The summed E-state index contributed by atoms with van der Waals surface area (Å²) in [4.78, 5) is 2.53. The van der Waals surface area contributed by atoms with E-state index in [-0.39, 0.29) is 5.82 Å². The summed E-state index contributed by atoms with van der Waals surface area (Å²) >= 11 is 0. The van der Waals surface area contributed by atoms with E-state index < -0.39 is 0 Å². The summed E-state index contributed by atoms with van der Waals surface area (Å²) in [5.74, 6) is 1.53. The highest BCUT2D eigenvalue weighted by molar-refractivity contribution is 5.87. The van der Waals surface area contributed by atoms with Gasteiger partial charge >= 0.3 is 0 Å². The first-order valence-corrected chi connectivity index (χ1v) is 9.79. The Hall–Kier alpha value is -2.39. The van der Waals surface area contributed by atoms with Gasteiger partial charge in [0.05, 0.1) is 0 Å². The number of ether oxygens (including phenoxy) is 1. The van der Waals surface area contributed by atoms with E-state index in [4.69, 9.17) is 4.74 Å². The van der Waals surface area contributed by atoms with E-state index in [0.717, 1.165) is 36.9 Å². The molecule has 0 bridgehead atoms. The van der Waals surface area contributed by atoms with Crippen LogP contribution < -0.4 is 4.74 Å². The molecule has 140 valence electrons. The minimum atomic E-state index is -0.218. The Morgan fingerprint density at radius 1 is 0.963 bits per heavy atom. The molecule has 0 aliphatic carbocycles. The normalized spacial score (nSPS) is 15.9. The molecule has 27 heavy (non-hydrogen) atoms. The monoisotopic (exact) mass is 363 g/mol. The largest absolute Gasteiger partial charge is 0.489 e. The highest BCUT2D eigenvalue weighted by Crippen LogP contribution is 2.31. The maximum atomic E-state index is 13.1. The van der Waals surface area contributed by atoms with E-state index in [1.54, 1.807) is 12.1 Å². The minimum absolute atomic E-state index is 0.218. The number of nitrogens with zero attached hydrogens (tertiary/aromatic N) is 1. The van der Waals surface area contributed by atoms with Crippen LogP contribution in [0.15, 0.2) is 60.7 Å². The molecule has 1 aliphatic heterocycles. The van der Waals surface area contributed by atoms with E-state index in [0.29, 0.717) is 6.61 Å². The summed E-state index contributed by atoms with van der Waals surface area (Å²) in [5.41, 5.74) is 2.23. The predicted octanol–water partition coefficient (Wildman–Crippen LogP) is 5.79. The maximum Gasteiger partial charge on any atom is 0.124 e. The lowest BCUT2D eigenvalue weighted by Crippen LogP contribution is -2.32. The molecule has 1 saturated heterocycles. The third-order valence-electron chi connectivity index (χ3n) is 5.56. The molecule has 1 heterocycles. The molecule has 0 amide bonds. The van der Waals surface area contributed by atoms with Gasteiger partial charge in [-0.3, -0.25) is 4.90 Å². The van der Waals surface area contributed by atoms with Crippen LogP contribution in [-0.2, 0) is 13.2 Å². The average Bonchev–Trinajstić information content (AvgIpc) is 2.70. The number of likely N-dealkylation sites (tertiary alicyclic amines) is 1. The zero-order valence-electron chi connectivity index (χ0n) is 15.8. The number of rotatable bonds is 5. The van der Waals surface area contributed by atoms with Crippen LogP contribution in [-0.4, -0.2) is 18.0 Å². The summed E-state index contributed by atoms with van der Waals surface area (Å²) in [6.45, 7) is 5.98. The van der Waals surface area contributed by atoms with E-state index in [9.17, 15) is 4.39 Å². The van der Waals surface area contributed by atoms with Crippen molar-refractivity contribution in [3.05, 3.63) is 77.6 Å². The van der Waals surface area contributed by atoms with Gasteiger partial charge in [0, 0.05) is 12.1 Å². The summed E-state index contributed by atoms with van der Waals surface area (Å²) in [5, 5.41) is 2.50. The van der Waals surface area contributed by atoms with Crippen LogP contribution in [0.1, 0.15) is 30.9 Å². The first-order chi connectivity index (χ1) is 13.2. The molecule has 0 unspecified atom stereocenters. The number of benzene rings is 3. The molecule has 4 rings (SSSR count). The number of fused-ring (bicyclic) bond motifs is 1. The summed E-state index contributed by atoms with van der Waals surface area (Å²) in [6.07, 6.45) is 2.52. The van der Waals surface area contributed by atoms with Gasteiger partial charge in [0.25, 0.3) is 0 Å². The van der Waals surface area contributed by atoms with Crippen molar-refractivity contribution in [2.45, 2.75) is 32.9 Å². The zero-order valence-corrected chi connectivity index (χ0v) is 15.8. The molecule has 1 aliphatic rings. The van der Waals surface area contributed by atoms with Crippen molar-refractivity contribution < 1.29 is 9.13 Å². The highest BCUT2D eigenvalue weighted by Gasteiger charge is 2.18. The second kappa shape index (κ2) is 8.10. The van der Waals surface area contributed by atoms with Crippen molar-refractivity contribution in [3.8, 4) is 5.75 Å². The molecular formula is C24H26FNO. The van der Waals surface area contributed by atoms with E-state index in [1.165, 1.54) is 41.3 Å². The van der Waals surface area contributed by atoms with Gasteiger partial charge in [-0.25, -0.2) is 4.39 Å². The molecule has 1 fully saturated rings. The topological polar surface area (TPSA) is 12.5 Å². The quantitative estimate of drug-likeness (QED) is 0.569. The van der Waals surface area contributed by atoms with Gasteiger partial charge in [0.2, 0.25) is 0 Å². The van der Waals surface area contributed by atoms with Crippen LogP contribution >= 0.6 is 0 Å². The highest BCUT2D eigenvalue weighted by atomic mass is 19.1. The molecule has 3 aromatic carbocycles. The molecule has 0 atom stereocenters. The lowest BCUT2D eigenvalue weighted by molar-refractivity contribution is 0.183. The van der Waals surface area contributed by atoms with Gasteiger partial charge in [-0.2, -0.15) is 0 Å². The standard InChI is InChI=1S/C24H26FNO/c1-18-12-14-26(15-13-18)16-23-22-5-3-2-4-20(22)8-11-24(23)27-17-19-6-9-21(25)10-7-19/h2-11,18H,12-17H2,1H3.